The van der Waals surface area contributed by atoms with Crippen molar-refractivity contribution in [2.45, 2.75) is 26.3 Å². The number of hydrogen-bond acceptors (Lipinski definition) is 2. The van der Waals surface area contributed by atoms with E-state index in [1.54, 1.807) is 4.57 Å². The summed E-state index contributed by atoms with van der Waals surface area (Å²) in [7, 11) is 0. The van der Waals surface area contributed by atoms with Gasteiger partial charge < -0.3 is 9.88 Å². The fourth-order valence-corrected chi connectivity index (χ4v) is 1.66. The predicted molar refractivity (Wildman–Crippen MR) is 61.0 cm³/mol. The molecule has 0 bridgehead atoms. The number of rotatable bonds is 5. The molecule has 15 heavy (non-hydrogen) atoms. The molecule has 1 fully saturated rings. The minimum absolute atomic E-state index is 0.130. The second-order valence-electron chi connectivity index (χ2n) is 4.34. The molecule has 1 N–H and O–H groups in total. The van der Waals surface area contributed by atoms with E-state index in [0.717, 1.165) is 31.1 Å². The molecule has 0 saturated heterocycles. The third-order valence-corrected chi connectivity index (χ3v) is 2.87. The first-order valence-electron chi connectivity index (χ1n) is 5.64. The first-order valence-corrected chi connectivity index (χ1v) is 5.64. The fourth-order valence-electron chi connectivity index (χ4n) is 1.66. The van der Waals surface area contributed by atoms with Gasteiger partial charge in [-0.1, -0.05) is 6.07 Å². The maximum atomic E-state index is 11.6. The summed E-state index contributed by atoms with van der Waals surface area (Å²) in [6.07, 6.45) is 4.60. The molecular weight excluding hydrogens is 188 g/mol. The van der Waals surface area contributed by atoms with Crippen LogP contribution in [0.2, 0.25) is 0 Å². The molecule has 0 unspecified atom stereocenters. The van der Waals surface area contributed by atoms with Crippen molar-refractivity contribution >= 4 is 0 Å². The van der Waals surface area contributed by atoms with Crippen LogP contribution in [0.15, 0.2) is 23.1 Å². The highest BCUT2D eigenvalue weighted by molar-refractivity contribution is 5.07. The number of aromatic nitrogens is 1. The molecule has 0 atom stereocenters. The van der Waals surface area contributed by atoms with Crippen molar-refractivity contribution in [3.63, 3.8) is 0 Å². The fraction of sp³-hybridized carbons (Fsp3) is 0.583. The van der Waals surface area contributed by atoms with Gasteiger partial charge in [0.1, 0.15) is 0 Å². The van der Waals surface area contributed by atoms with E-state index in [-0.39, 0.29) is 5.56 Å². The summed E-state index contributed by atoms with van der Waals surface area (Å²) in [5, 5.41) is 3.38. The van der Waals surface area contributed by atoms with Gasteiger partial charge >= 0.3 is 0 Å². The lowest BCUT2D eigenvalue weighted by atomic mass is 10.3. The highest BCUT2D eigenvalue weighted by Gasteiger charge is 2.19. The highest BCUT2D eigenvalue weighted by Crippen LogP contribution is 2.27. The Balaban J connectivity index is 1.81. The molecule has 1 aliphatic carbocycles. The number of pyridine rings is 1. The van der Waals surface area contributed by atoms with E-state index in [9.17, 15) is 4.79 Å². The van der Waals surface area contributed by atoms with Gasteiger partial charge in [-0.25, -0.2) is 0 Å². The van der Waals surface area contributed by atoms with E-state index in [0.29, 0.717) is 0 Å². The Morgan fingerprint density at radius 3 is 3.07 bits per heavy atom. The summed E-state index contributed by atoms with van der Waals surface area (Å²) in [4.78, 5) is 11.6. The second-order valence-corrected chi connectivity index (χ2v) is 4.34. The minimum atomic E-state index is 0.130. The van der Waals surface area contributed by atoms with Gasteiger partial charge in [0.05, 0.1) is 0 Å². The van der Waals surface area contributed by atoms with E-state index in [1.807, 2.05) is 25.3 Å². The quantitative estimate of drug-likeness (QED) is 0.733. The summed E-state index contributed by atoms with van der Waals surface area (Å²) >= 11 is 0. The van der Waals surface area contributed by atoms with Crippen LogP contribution in [-0.2, 0) is 6.54 Å². The topological polar surface area (TPSA) is 34.0 Å². The van der Waals surface area contributed by atoms with Crippen molar-refractivity contribution < 1.29 is 0 Å². The summed E-state index contributed by atoms with van der Waals surface area (Å²) in [6, 6.07) is 3.79. The number of hydrogen-bond donors (Lipinski definition) is 1. The predicted octanol–water partition coefficient (Wildman–Crippen LogP) is 1.16. The van der Waals surface area contributed by atoms with Gasteiger partial charge in [0, 0.05) is 24.8 Å². The number of nitrogens with zero attached hydrogens (tertiary/aromatic N) is 1. The summed E-state index contributed by atoms with van der Waals surface area (Å²) in [6.45, 7) is 4.63. The molecular formula is C12H18N2O. The Morgan fingerprint density at radius 1 is 1.53 bits per heavy atom. The van der Waals surface area contributed by atoms with Crippen molar-refractivity contribution in [3.05, 3.63) is 34.2 Å². The Hall–Kier alpha value is -1.09. The molecule has 1 aromatic heterocycles. The maximum absolute atomic E-state index is 11.6. The van der Waals surface area contributed by atoms with Gasteiger partial charge in [0.2, 0.25) is 0 Å². The molecule has 3 nitrogen and oxygen atoms in total. The van der Waals surface area contributed by atoms with Crippen LogP contribution in [0.25, 0.3) is 0 Å². The van der Waals surface area contributed by atoms with E-state index in [1.165, 1.54) is 12.8 Å². The summed E-state index contributed by atoms with van der Waals surface area (Å²) in [5.41, 5.74) is 0.949. The summed E-state index contributed by atoms with van der Waals surface area (Å²) < 4.78 is 1.77. The molecule has 1 heterocycles. The third-order valence-electron chi connectivity index (χ3n) is 2.87. The van der Waals surface area contributed by atoms with Crippen molar-refractivity contribution in [1.82, 2.24) is 9.88 Å². The SMILES string of the molecule is Cc1cccn(CCNCC2CC2)c1=O. The molecule has 82 valence electrons. The Labute approximate surface area is 90.1 Å². The zero-order valence-corrected chi connectivity index (χ0v) is 9.20. The smallest absolute Gasteiger partial charge is 0.253 e. The average Bonchev–Trinajstić information content (AvgIpc) is 3.02. The van der Waals surface area contributed by atoms with E-state index < -0.39 is 0 Å². The van der Waals surface area contributed by atoms with Crippen LogP contribution in [0, 0.1) is 12.8 Å². The van der Waals surface area contributed by atoms with Crippen molar-refractivity contribution in [1.29, 1.82) is 0 Å². The Morgan fingerprint density at radius 2 is 2.33 bits per heavy atom. The molecule has 2 rings (SSSR count). The molecule has 0 amide bonds. The van der Waals surface area contributed by atoms with E-state index in [2.05, 4.69) is 5.32 Å². The van der Waals surface area contributed by atoms with E-state index in [4.69, 9.17) is 0 Å². The lowest BCUT2D eigenvalue weighted by molar-refractivity contribution is 0.565. The monoisotopic (exact) mass is 206 g/mol. The van der Waals surface area contributed by atoms with Crippen LogP contribution in [-0.4, -0.2) is 17.7 Å². The average molecular weight is 206 g/mol. The van der Waals surface area contributed by atoms with Gasteiger partial charge in [-0.15, -0.1) is 0 Å². The van der Waals surface area contributed by atoms with Gasteiger partial charge in [-0.3, -0.25) is 4.79 Å². The molecule has 0 aromatic carbocycles. The van der Waals surface area contributed by atoms with Crippen LogP contribution in [0.5, 0.6) is 0 Å². The number of nitrogens with one attached hydrogen (secondary N) is 1. The van der Waals surface area contributed by atoms with Crippen molar-refractivity contribution in [2.75, 3.05) is 13.1 Å². The minimum Gasteiger partial charge on any atom is -0.315 e. The summed E-state index contributed by atoms with van der Waals surface area (Å²) in [5.74, 6) is 0.902. The lowest BCUT2D eigenvalue weighted by Gasteiger charge is -2.07. The lowest BCUT2D eigenvalue weighted by Crippen LogP contribution is -2.28. The van der Waals surface area contributed by atoms with Crippen molar-refractivity contribution in [3.8, 4) is 0 Å². The molecule has 0 radical (unpaired) electrons. The first kappa shape index (κ1) is 10.4. The van der Waals surface area contributed by atoms with Crippen LogP contribution in [0.1, 0.15) is 18.4 Å². The van der Waals surface area contributed by atoms with Crippen LogP contribution in [0.3, 0.4) is 0 Å². The molecule has 0 spiro atoms. The Kier molecular flexibility index (Phi) is 3.21. The van der Waals surface area contributed by atoms with Gasteiger partial charge in [-0.2, -0.15) is 0 Å². The zero-order chi connectivity index (χ0) is 10.7. The standard InChI is InChI=1S/C12H18N2O/c1-10-3-2-7-14(12(10)15)8-6-13-9-11-4-5-11/h2-3,7,11,13H,4-6,8-9H2,1H3. The van der Waals surface area contributed by atoms with Crippen LogP contribution >= 0.6 is 0 Å². The van der Waals surface area contributed by atoms with E-state index >= 15 is 0 Å². The van der Waals surface area contributed by atoms with Crippen LogP contribution < -0.4 is 10.9 Å². The van der Waals surface area contributed by atoms with Gasteiger partial charge in [0.15, 0.2) is 0 Å². The zero-order valence-electron chi connectivity index (χ0n) is 9.20. The van der Waals surface area contributed by atoms with Gasteiger partial charge in [0.25, 0.3) is 5.56 Å². The molecule has 3 heteroatoms. The number of aryl methyl sites for hydroxylation is 1. The molecule has 1 aromatic rings. The van der Waals surface area contributed by atoms with Crippen molar-refractivity contribution in [2.24, 2.45) is 5.92 Å². The highest BCUT2D eigenvalue weighted by atomic mass is 16.1. The van der Waals surface area contributed by atoms with Crippen LogP contribution in [0.4, 0.5) is 0 Å². The molecule has 1 saturated carbocycles. The third kappa shape index (κ3) is 2.93. The maximum Gasteiger partial charge on any atom is 0.253 e. The second kappa shape index (κ2) is 4.62. The normalized spacial score (nSPS) is 15.5. The molecule has 0 aliphatic heterocycles. The van der Waals surface area contributed by atoms with Gasteiger partial charge in [-0.05, 0) is 38.3 Å². The largest absolute Gasteiger partial charge is 0.315 e. The molecule has 1 aliphatic rings. The first-order chi connectivity index (χ1) is 7.27. The Bertz CT molecular complexity index is 379.